The molecule has 0 saturated heterocycles. The van der Waals surface area contributed by atoms with Crippen molar-refractivity contribution in [3.05, 3.63) is 70.8 Å². The molecule has 0 aliphatic carbocycles. The third kappa shape index (κ3) is 10.6. The van der Waals surface area contributed by atoms with Gasteiger partial charge in [0.15, 0.2) is 0 Å². The van der Waals surface area contributed by atoms with E-state index in [0.717, 1.165) is 37.1 Å². The zero-order chi connectivity index (χ0) is 23.0. The first-order valence-electron chi connectivity index (χ1n) is 12.3. The Morgan fingerprint density at radius 2 is 0.781 bits per heavy atom. The van der Waals surface area contributed by atoms with Crippen molar-refractivity contribution < 1.29 is 9.59 Å². The summed E-state index contributed by atoms with van der Waals surface area (Å²) in [4.78, 5) is 24.1. The van der Waals surface area contributed by atoms with Crippen LogP contribution < -0.4 is 10.6 Å². The van der Waals surface area contributed by atoms with Crippen LogP contribution in [0.5, 0.6) is 0 Å². The molecule has 2 aromatic rings. The molecule has 0 aliphatic heterocycles. The molecule has 0 fully saturated rings. The molecule has 0 aliphatic rings. The highest BCUT2D eigenvalue weighted by molar-refractivity contribution is 5.94. The lowest BCUT2D eigenvalue weighted by Gasteiger charge is -2.06. The second kappa shape index (κ2) is 15.2. The van der Waals surface area contributed by atoms with Crippen molar-refractivity contribution in [3.63, 3.8) is 0 Å². The van der Waals surface area contributed by atoms with E-state index in [2.05, 4.69) is 10.6 Å². The Morgan fingerprint density at radius 1 is 0.500 bits per heavy atom. The van der Waals surface area contributed by atoms with Crippen molar-refractivity contribution in [1.29, 1.82) is 0 Å². The molecule has 0 spiro atoms. The third-order valence-corrected chi connectivity index (χ3v) is 5.80. The number of nitrogens with one attached hydrogen (secondary N) is 2. The fourth-order valence-corrected chi connectivity index (χ4v) is 3.68. The zero-order valence-corrected chi connectivity index (χ0v) is 19.9. The van der Waals surface area contributed by atoms with E-state index in [0.29, 0.717) is 0 Å². The Kier molecular flexibility index (Phi) is 12.2. The van der Waals surface area contributed by atoms with Gasteiger partial charge in [-0.25, -0.2) is 0 Å². The van der Waals surface area contributed by atoms with Crippen molar-refractivity contribution in [2.75, 3.05) is 13.1 Å². The molecule has 0 heterocycles. The summed E-state index contributed by atoms with van der Waals surface area (Å²) >= 11 is 0. The molecule has 2 rings (SSSR count). The summed E-state index contributed by atoms with van der Waals surface area (Å²) < 4.78 is 0. The van der Waals surface area contributed by atoms with Crippen LogP contribution in [0.2, 0.25) is 0 Å². The lowest BCUT2D eigenvalue weighted by atomic mass is 10.1. The predicted molar refractivity (Wildman–Crippen MR) is 133 cm³/mol. The van der Waals surface area contributed by atoms with Gasteiger partial charge in [0.25, 0.3) is 11.8 Å². The van der Waals surface area contributed by atoms with E-state index in [9.17, 15) is 9.59 Å². The minimum atomic E-state index is 0.0275. The lowest BCUT2D eigenvalue weighted by Crippen LogP contribution is -2.24. The molecular weight excluding hydrogens is 396 g/mol. The number of amides is 2. The van der Waals surface area contributed by atoms with Gasteiger partial charge in [0.05, 0.1) is 0 Å². The molecule has 0 unspecified atom stereocenters. The van der Waals surface area contributed by atoms with Crippen molar-refractivity contribution in [1.82, 2.24) is 10.6 Å². The highest BCUT2D eigenvalue weighted by atomic mass is 16.2. The van der Waals surface area contributed by atoms with E-state index in [1.165, 1.54) is 62.5 Å². The Labute approximate surface area is 194 Å². The first-order chi connectivity index (χ1) is 15.6. The van der Waals surface area contributed by atoms with Crippen LogP contribution in [0.4, 0.5) is 0 Å². The fourth-order valence-electron chi connectivity index (χ4n) is 3.68. The SMILES string of the molecule is Cc1ccc(C(=O)NCCCCCCCCCCCCNC(=O)c2ccc(C)cc2)cc1. The molecule has 0 radical (unpaired) electrons. The number of rotatable bonds is 15. The quantitative estimate of drug-likeness (QED) is 0.319. The standard InChI is InChI=1S/C28H40N2O2/c1-23-13-17-25(18-14-23)27(31)29-21-11-9-7-5-3-4-6-8-10-12-22-30-28(32)26-19-15-24(2)16-20-26/h13-20H,3-12,21-22H2,1-2H3,(H,29,31)(H,30,32). The Morgan fingerprint density at radius 3 is 1.09 bits per heavy atom. The van der Waals surface area contributed by atoms with Crippen LogP contribution in [0, 0.1) is 13.8 Å². The average molecular weight is 437 g/mol. The topological polar surface area (TPSA) is 58.2 Å². The van der Waals surface area contributed by atoms with Crippen LogP contribution in [0.1, 0.15) is 96.1 Å². The van der Waals surface area contributed by atoms with E-state index in [1.54, 1.807) is 0 Å². The molecule has 2 aromatic carbocycles. The van der Waals surface area contributed by atoms with Crippen LogP contribution in [0.25, 0.3) is 0 Å². The van der Waals surface area contributed by atoms with Gasteiger partial charge < -0.3 is 10.6 Å². The van der Waals surface area contributed by atoms with Crippen molar-refractivity contribution in [3.8, 4) is 0 Å². The van der Waals surface area contributed by atoms with Crippen molar-refractivity contribution >= 4 is 11.8 Å². The third-order valence-electron chi connectivity index (χ3n) is 5.80. The number of hydrogen-bond acceptors (Lipinski definition) is 2. The summed E-state index contributed by atoms with van der Waals surface area (Å²) in [6.45, 7) is 5.56. The van der Waals surface area contributed by atoms with Gasteiger partial charge >= 0.3 is 0 Å². The lowest BCUT2D eigenvalue weighted by molar-refractivity contribution is 0.0944. The number of benzene rings is 2. The summed E-state index contributed by atoms with van der Waals surface area (Å²) in [5.41, 5.74) is 3.82. The molecule has 2 amide bonds. The van der Waals surface area contributed by atoms with Crippen LogP contribution in [0.3, 0.4) is 0 Å². The number of unbranched alkanes of at least 4 members (excludes halogenated alkanes) is 9. The normalized spacial score (nSPS) is 10.7. The first kappa shape index (κ1) is 25.6. The summed E-state index contributed by atoms with van der Waals surface area (Å²) in [5.74, 6) is 0.0550. The molecule has 0 saturated carbocycles. The van der Waals surface area contributed by atoms with Gasteiger partial charge in [0, 0.05) is 24.2 Å². The molecule has 2 N–H and O–H groups in total. The van der Waals surface area contributed by atoms with Gasteiger partial charge in [-0.05, 0) is 51.0 Å². The molecule has 4 heteroatoms. The van der Waals surface area contributed by atoms with E-state index in [-0.39, 0.29) is 11.8 Å². The molecule has 0 aromatic heterocycles. The molecule has 4 nitrogen and oxygen atoms in total. The summed E-state index contributed by atoms with van der Waals surface area (Å²) in [6, 6.07) is 15.4. The van der Waals surface area contributed by atoms with Crippen LogP contribution in [-0.4, -0.2) is 24.9 Å². The number of aryl methyl sites for hydroxylation is 2. The number of carbonyl (C=O) groups excluding carboxylic acids is 2. The minimum absolute atomic E-state index is 0.0275. The maximum atomic E-state index is 12.0. The minimum Gasteiger partial charge on any atom is -0.352 e. The zero-order valence-electron chi connectivity index (χ0n) is 19.9. The smallest absolute Gasteiger partial charge is 0.251 e. The van der Waals surface area contributed by atoms with Gasteiger partial charge in [-0.15, -0.1) is 0 Å². The van der Waals surface area contributed by atoms with E-state index < -0.39 is 0 Å². The highest BCUT2D eigenvalue weighted by Crippen LogP contribution is 2.11. The monoisotopic (exact) mass is 436 g/mol. The van der Waals surface area contributed by atoms with Gasteiger partial charge in [0.1, 0.15) is 0 Å². The Hall–Kier alpha value is -2.62. The van der Waals surface area contributed by atoms with E-state index in [4.69, 9.17) is 0 Å². The molecule has 32 heavy (non-hydrogen) atoms. The second-order valence-corrected chi connectivity index (χ2v) is 8.78. The van der Waals surface area contributed by atoms with Crippen molar-refractivity contribution in [2.45, 2.75) is 78.1 Å². The van der Waals surface area contributed by atoms with Crippen molar-refractivity contribution in [2.24, 2.45) is 0 Å². The van der Waals surface area contributed by atoms with Gasteiger partial charge in [-0.3, -0.25) is 9.59 Å². The molecule has 0 bridgehead atoms. The van der Waals surface area contributed by atoms with Gasteiger partial charge in [-0.2, -0.15) is 0 Å². The molecule has 174 valence electrons. The number of carbonyl (C=O) groups is 2. The largest absolute Gasteiger partial charge is 0.352 e. The Bertz CT molecular complexity index is 728. The highest BCUT2D eigenvalue weighted by Gasteiger charge is 2.04. The van der Waals surface area contributed by atoms with Crippen LogP contribution in [0.15, 0.2) is 48.5 Å². The predicted octanol–water partition coefficient (Wildman–Crippen LogP) is 6.36. The number of hydrogen-bond donors (Lipinski definition) is 2. The summed E-state index contributed by atoms with van der Waals surface area (Å²) in [5, 5.41) is 6.01. The molecule has 0 atom stereocenters. The first-order valence-corrected chi connectivity index (χ1v) is 12.3. The summed E-state index contributed by atoms with van der Waals surface area (Å²) in [7, 11) is 0. The Balaban J connectivity index is 1.34. The molecular formula is C28H40N2O2. The van der Waals surface area contributed by atoms with Gasteiger partial charge in [0.2, 0.25) is 0 Å². The van der Waals surface area contributed by atoms with Crippen LogP contribution in [-0.2, 0) is 0 Å². The van der Waals surface area contributed by atoms with Gasteiger partial charge in [-0.1, -0.05) is 86.8 Å². The maximum Gasteiger partial charge on any atom is 0.251 e. The fraction of sp³-hybridized carbons (Fsp3) is 0.500. The van der Waals surface area contributed by atoms with Crippen LogP contribution >= 0.6 is 0 Å². The summed E-state index contributed by atoms with van der Waals surface area (Å²) in [6.07, 6.45) is 12.1. The maximum absolute atomic E-state index is 12.0. The average Bonchev–Trinajstić information content (AvgIpc) is 2.80. The second-order valence-electron chi connectivity index (χ2n) is 8.78. The van der Waals surface area contributed by atoms with E-state index in [1.807, 2.05) is 62.4 Å². The van der Waals surface area contributed by atoms with E-state index >= 15 is 0 Å².